The normalized spacial score (nSPS) is 19.4. The molecule has 1 aliphatic heterocycles. The topological polar surface area (TPSA) is 52.6 Å². The number of carbonyl (C=O) groups excluding carboxylic acids is 1. The van der Waals surface area contributed by atoms with Crippen molar-refractivity contribution in [1.29, 1.82) is 0 Å². The summed E-state index contributed by atoms with van der Waals surface area (Å²) >= 11 is 5.84. The molecule has 2 rings (SSSR count). The Kier molecular flexibility index (Phi) is 6.49. The maximum absolute atomic E-state index is 11.9. The van der Waals surface area contributed by atoms with Crippen LogP contribution in [0.5, 0.6) is 0 Å². The molecule has 2 N–H and O–H groups in total. The minimum Gasteiger partial charge on any atom is -0.396 e. The van der Waals surface area contributed by atoms with Gasteiger partial charge in [0.2, 0.25) is 5.91 Å². The number of halogens is 1. The predicted molar refractivity (Wildman–Crippen MR) is 84.4 cm³/mol. The van der Waals surface area contributed by atoms with Gasteiger partial charge in [-0.2, -0.15) is 0 Å². The molecule has 21 heavy (non-hydrogen) atoms. The third-order valence-electron chi connectivity index (χ3n) is 3.88. The van der Waals surface area contributed by atoms with Crippen LogP contribution in [0.1, 0.15) is 18.4 Å². The number of aliphatic hydroxyl groups excluding tert-OH is 1. The van der Waals surface area contributed by atoms with Gasteiger partial charge < -0.3 is 10.4 Å². The number of hydrogen-bond donors (Lipinski definition) is 2. The van der Waals surface area contributed by atoms with E-state index in [1.165, 1.54) is 0 Å². The van der Waals surface area contributed by atoms with Crippen LogP contribution in [0, 0.1) is 5.92 Å². The van der Waals surface area contributed by atoms with Crippen LogP contribution in [0.3, 0.4) is 0 Å². The van der Waals surface area contributed by atoms with Gasteiger partial charge in [-0.3, -0.25) is 9.69 Å². The Labute approximate surface area is 131 Å². The number of carbonyl (C=O) groups is 1. The molecule has 116 valence electrons. The second kappa shape index (κ2) is 8.37. The second-order valence-electron chi connectivity index (χ2n) is 5.65. The van der Waals surface area contributed by atoms with E-state index < -0.39 is 0 Å². The largest absolute Gasteiger partial charge is 0.396 e. The minimum atomic E-state index is 0.0579. The number of likely N-dealkylation sites (tertiary alicyclic amines) is 1. The lowest BCUT2D eigenvalue weighted by molar-refractivity contribution is -0.122. The smallest absolute Gasteiger partial charge is 0.234 e. The molecule has 0 saturated carbocycles. The fourth-order valence-electron chi connectivity index (χ4n) is 2.70. The predicted octanol–water partition coefficient (Wildman–Crippen LogP) is 1.70. The number of nitrogens with one attached hydrogen (secondary N) is 1. The highest BCUT2D eigenvalue weighted by atomic mass is 35.5. The molecule has 0 aliphatic carbocycles. The van der Waals surface area contributed by atoms with E-state index in [9.17, 15) is 9.90 Å². The van der Waals surface area contributed by atoms with E-state index in [1.807, 2.05) is 24.3 Å². The number of nitrogens with zero attached hydrogens (tertiary/aromatic N) is 1. The van der Waals surface area contributed by atoms with Gasteiger partial charge >= 0.3 is 0 Å². The van der Waals surface area contributed by atoms with E-state index in [0.717, 1.165) is 42.9 Å². The number of rotatable bonds is 6. The fourth-order valence-corrected chi connectivity index (χ4v) is 2.83. The summed E-state index contributed by atoms with van der Waals surface area (Å²) in [7, 11) is 0. The Balaban J connectivity index is 1.66. The minimum absolute atomic E-state index is 0.0579. The van der Waals surface area contributed by atoms with E-state index in [0.29, 0.717) is 19.0 Å². The van der Waals surface area contributed by atoms with E-state index in [4.69, 9.17) is 11.6 Å². The maximum Gasteiger partial charge on any atom is 0.234 e. The molecule has 1 saturated heterocycles. The molecular weight excluding hydrogens is 288 g/mol. The Hall–Kier alpha value is -1.10. The van der Waals surface area contributed by atoms with Crippen LogP contribution >= 0.6 is 11.6 Å². The van der Waals surface area contributed by atoms with Crippen molar-refractivity contribution in [2.75, 3.05) is 32.8 Å². The summed E-state index contributed by atoms with van der Waals surface area (Å²) in [6, 6.07) is 7.68. The molecule has 1 aromatic carbocycles. The Bertz CT molecular complexity index is 450. The number of piperidine rings is 1. The SMILES string of the molecule is O=C(CN1CCCC(CO)C1)NCCc1ccc(Cl)cc1. The number of aliphatic hydroxyl groups is 1. The average Bonchev–Trinajstić information content (AvgIpc) is 2.49. The van der Waals surface area contributed by atoms with Crippen molar-refractivity contribution in [2.24, 2.45) is 5.92 Å². The lowest BCUT2D eigenvalue weighted by Gasteiger charge is -2.31. The van der Waals surface area contributed by atoms with E-state index in [-0.39, 0.29) is 12.5 Å². The lowest BCUT2D eigenvalue weighted by atomic mass is 9.99. The highest BCUT2D eigenvalue weighted by molar-refractivity contribution is 6.30. The molecule has 1 amide bonds. The van der Waals surface area contributed by atoms with Crippen molar-refractivity contribution in [3.8, 4) is 0 Å². The van der Waals surface area contributed by atoms with Gasteiger partial charge in [-0.1, -0.05) is 23.7 Å². The van der Waals surface area contributed by atoms with Gasteiger partial charge in [-0.25, -0.2) is 0 Å². The highest BCUT2D eigenvalue weighted by Crippen LogP contribution is 2.15. The van der Waals surface area contributed by atoms with Crippen LogP contribution in [-0.4, -0.2) is 48.7 Å². The summed E-state index contributed by atoms with van der Waals surface area (Å²) < 4.78 is 0. The summed E-state index contributed by atoms with van der Waals surface area (Å²) in [4.78, 5) is 14.0. The Morgan fingerprint density at radius 1 is 1.38 bits per heavy atom. The van der Waals surface area contributed by atoms with Gasteiger partial charge in [0, 0.05) is 24.7 Å². The van der Waals surface area contributed by atoms with Crippen molar-refractivity contribution >= 4 is 17.5 Å². The summed E-state index contributed by atoms with van der Waals surface area (Å²) in [5.74, 6) is 0.378. The molecule has 1 atom stereocenters. The molecule has 1 heterocycles. The van der Waals surface area contributed by atoms with Gasteiger partial charge in [0.1, 0.15) is 0 Å². The molecule has 1 aliphatic rings. The molecule has 1 aromatic rings. The first-order valence-corrected chi connectivity index (χ1v) is 7.89. The first-order chi connectivity index (χ1) is 10.2. The van der Waals surface area contributed by atoms with Crippen LogP contribution < -0.4 is 5.32 Å². The van der Waals surface area contributed by atoms with Crippen LogP contribution in [0.15, 0.2) is 24.3 Å². The van der Waals surface area contributed by atoms with Gasteiger partial charge in [-0.15, -0.1) is 0 Å². The van der Waals surface area contributed by atoms with Crippen molar-refractivity contribution < 1.29 is 9.90 Å². The molecule has 5 heteroatoms. The summed E-state index contributed by atoms with van der Waals surface area (Å²) in [6.07, 6.45) is 2.93. The number of amides is 1. The Morgan fingerprint density at radius 3 is 2.86 bits per heavy atom. The number of benzene rings is 1. The average molecular weight is 311 g/mol. The first kappa shape index (κ1) is 16.3. The summed E-state index contributed by atoms with van der Waals surface area (Å²) in [5.41, 5.74) is 1.16. The molecule has 0 spiro atoms. The third-order valence-corrected chi connectivity index (χ3v) is 4.13. The lowest BCUT2D eigenvalue weighted by Crippen LogP contribution is -2.43. The zero-order valence-corrected chi connectivity index (χ0v) is 13.0. The zero-order valence-electron chi connectivity index (χ0n) is 12.2. The quantitative estimate of drug-likeness (QED) is 0.841. The molecule has 0 bridgehead atoms. The highest BCUT2D eigenvalue weighted by Gasteiger charge is 2.20. The first-order valence-electron chi connectivity index (χ1n) is 7.51. The second-order valence-corrected chi connectivity index (χ2v) is 6.09. The fraction of sp³-hybridized carbons (Fsp3) is 0.562. The maximum atomic E-state index is 11.9. The molecule has 1 unspecified atom stereocenters. The Morgan fingerprint density at radius 2 is 2.14 bits per heavy atom. The molecule has 0 aromatic heterocycles. The van der Waals surface area contributed by atoms with Gasteiger partial charge in [-0.05, 0) is 49.4 Å². The monoisotopic (exact) mass is 310 g/mol. The van der Waals surface area contributed by atoms with Crippen molar-refractivity contribution in [2.45, 2.75) is 19.3 Å². The van der Waals surface area contributed by atoms with Crippen LogP contribution in [0.4, 0.5) is 0 Å². The van der Waals surface area contributed by atoms with Crippen molar-refractivity contribution in [3.05, 3.63) is 34.9 Å². The zero-order chi connectivity index (χ0) is 15.1. The van der Waals surface area contributed by atoms with E-state index >= 15 is 0 Å². The van der Waals surface area contributed by atoms with Gasteiger partial charge in [0.05, 0.1) is 6.54 Å². The third kappa shape index (κ3) is 5.65. The molecule has 4 nitrogen and oxygen atoms in total. The van der Waals surface area contributed by atoms with Crippen molar-refractivity contribution in [3.63, 3.8) is 0 Å². The summed E-state index contributed by atoms with van der Waals surface area (Å²) in [5, 5.41) is 12.9. The van der Waals surface area contributed by atoms with Crippen molar-refractivity contribution in [1.82, 2.24) is 10.2 Å². The van der Waals surface area contributed by atoms with E-state index in [1.54, 1.807) is 0 Å². The molecule has 1 fully saturated rings. The van der Waals surface area contributed by atoms with Gasteiger partial charge in [0.15, 0.2) is 0 Å². The van der Waals surface area contributed by atoms with Crippen LogP contribution in [-0.2, 0) is 11.2 Å². The van der Waals surface area contributed by atoms with E-state index in [2.05, 4.69) is 10.2 Å². The van der Waals surface area contributed by atoms with Gasteiger partial charge in [0.25, 0.3) is 0 Å². The summed E-state index contributed by atoms with van der Waals surface area (Å²) in [6.45, 7) is 3.05. The van der Waals surface area contributed by atoms with Crippen LogP contribution in [0.25, 0.3) is 0 Å². The molecular formula is C16H23ClN2O2. The standard InChI is InChI=1S/C16H23ClN2O2/c17-15-5-3-13(4-6-15)7-8-18-16(21)11-19-9-1-2-14(10-19)12-20/h3-6,14,20H,1-2,7-12H2,(H,18,21). The van der Waals surface area contributed by atoms with Crippen LogP contribution in [0.2, 0.25) is 5.02 Å². The number of hydrogen-bond acceptors (Lipinski definition) is 3. The molecule has 0 radical (unpaired) electrons.